The monoisotopic (exact) mass is 307 g/mol. The van der Waals surface area contributed by atoms with E-state index in [1.807, 2.05) is 0 Å². The first-order chi connectivity index (χ1) is 10.3. The number of aryl methyl sites for hydroxylation is 1. The Labute approximate surface area is 127 Å². The predicted octanol–water partition coefficient (Wildman–Crippen LogP) is 1.62. The molecule has 2 rings (SSSR count). The standard InChI is InChI=1S/C16H18FNO4/c1-4-22-15(21)13-12(19)8-16(3,18-14(13)20)10-7-9(2)5-6-11(10)17/h5-7,13H,4,8H2,1-3H3,(H,18,20)/t13?,16-/m0/s1. The number of rotatable bonds is 3. The highest BCUT2D eigenvalue weighted by Gasteiger charge is 2.47. The van der Waals surface area contributed by atoms with Crippen molar-refractivity contribution in [3.63, 3.8) is 0 Å². The van der Waals surface area contributed by atoms with E-state index in [0.717, 1.165) is 5.56 Å². The number of nitrogens with one attached hydrogen (secondary N) is 1. The molecule has 1 heterocycles. The summed E-state index contributed by atoms with van der Waals surface area (Å²) in [5.41, 5.74) is -0.129. The number of hydrogen-bond donors (Lipinski definition) is 1. The summed E-state index contributed by atoms with van der Waals surface area (Å²) in [6, 6.07) is 4.49. The molecule has 0 aromatic heterocycles. The zero-order valence-electron chi connectivity index (χ0n) is 12.7. The van der Waals surface area contributed by atoms with E-state index in [4.69, 9.17) is 4.74 Å². The molecular formula is C16H18FNO4. The number of piperidine rings is 1. The Morgan fingerprint density at radius 2 is 2.14 bits per heavy atom. The van der Waals surface area contributed by atoms with Crippen LogP contribution in [-0.2, 0) is 24.7 Å². The third-order valence-electron chi connectivity index (χ3n) is 3.75. The highest BCUT2D eigenvalue weighted by molar-refractivity contribution is 6.18. The number of ether oxygens (including phenoxy) is 1. The number of carbonyl (C=O) groups excluding carboxylic acids is 3. The third kappa shape index (κ3) is 2.86. The average molecular weight is 307 g/mol. The van der Waals surface area contributed by atoms with Gasteiger partial charge >= 0.3 is 5.97 Å². The first-order valence-electron chi connectivity index (χ1n) is 7.06. The molecule has 1 N–H and O–H groups in total. The molecule has 0 aliphatic carbocycles. The van der Waals surface area contributed by atoms with Gasteiger partial charge in [0.05, 0.1) is 12.1 Å². The maximum absolute atomic E-state index is 14.1. The lowest BCUT2D eigenvalue weighted by molar-refractivity contribution is -0.158. The van der Waals surface area contributed by atoms with E-state index in [1.54, 1.807) is 32.9 Å². The Bertz CT molecular complexity index is 623. The van der Waals surface area contributed by atoms with Crippen LogP contribution in [-0.4, -0.2) is 24.3 Å². The summed E-state index contributed by atoms with van der Waals surface area (Å²) in [7, 11) is 0. The van der Waals surface area contributed by atoms with Gasteiger partial charge in [-0.15, -0.1) is 0 Å². The van der Waals surface area contributed by atoms with Gasteiger partial charge in [0.25, 0.3) is 0 Å². The molecule has 22 heavy (non-hydrogen) atoms. The second-order valence-corrected chi connectivity index (χ2v) is 5.63. The van der Waals surface area contributed by atoms with Gasteiger partial charge in [-0.2, -0.15) is 0 Å². The maximum Gasteiger partial charge on any atom is 0.326 e. The number of hydrogen-bond acceptors (Lipinski definition) is 4. The molecule has 1 aromatic rings. The zero-order valence-corrected chi connectivity index (χ0v) is 12.7. The lowest BCUT2D eigenvalue weighted by Gasteiger charge is -2.37. The summed E-state index contributed by atoms with van der Waals surface area (Å²) < 4.78 is 18.8. The van der Waals surface area contributed by atoms with Crippen molar-refractivity contribution in [3.05, 3.63) is 35.1 Å². The molecule has 0 saturated carbocycles. The van der Waals surface area contributed by atoms with Crippen LogP contribution in [0.3, 0.4) is 0 Å². The molecule has 0 spiro atoms. The summed E-state index contributed by atoms with van der Waals surface area (Å²) >= 11 is 0. The Kier molecular flexibility index (Phi) is 4.30. The van der Waals surface area contributed by atoms with Crippen molar-refractivity contribution in [2.75, 3.05) is 6.61 Å². The third-order valence-corrected chi connectivity index (χ3v) is 3.75. The number of esters is 1. The van der Waals surface area contributed by atoms with Gasteiger partial charge in [0, 0.05) is 12.0 Å². The first kappa shape index (κ1) is 16.1. The number of benzene rings is 1. The predicted molar refractivity (Wildman–Crippen MR) is 76.4 cm³/mol. The molecule has 118 valence electrons. The summed E-state index contributed by atoms with van der Waals surface area (Å²) in [6.07, 6.45) is -0.164. The van der Waals surface area contributed by atoms with E-state index in [9.17, 15) is 18.8 Å². The van der Waals surface area contributed by atoms with E-state index in [-0.39, 0.29) is 18.6 Å². The van der Waals surface area contributed by atoms with E-state index < -0.39 is 34.9 Å². The van der Waals surface area contributed by atoms with Crippen molar-refractivity contribution in [2.24, 2.45) is 5.92 Å². The fourth-order valence-electron chi connectivity index (χ4n) is 2.67. The summed E-state index contributed by atoms with van der Waals surface area (Å²) in [5, 5.41) is 2.60. The molecule has 1 unspecified atom stereocenters. The van der Waals surface area contributed by atoms with Crippen LogP contribution in [0.2, 0.25) is 0 Å². The molecule has 1 fully saturated rings. The van der Waals surface area contributed by atoms with Gasteiger partial charge in [-0.05, 0) is 26.8 Å². The van der Waals surface area contributed by atoms with Gasteiger partial charge in [-0.25, -0.2) is 4.39 Å². The van der Waals surface area contributed by atoms with Gasteiger partial charge in [-0.1, -0.05) is 17.7 Å². The largest absolute Gasteiger partial charge is 0.465 e. The molecular weight excluding hydrogens is 289 g/mol. The molecule has 1 aliphatic heterocycles. The van der Waals surface area contributed by atoms with Gasteiger partial charge < -0.3 is 10.1 Å². The van der Waals surface area contributed by atoms with Crippen LogP contribution in [0.25, 0.3) is 0 Å². The van der Waals surface area contributed by atoms with Crippen LogP contribution in [0.15, 0.2) is 18.2 Å². The van der Waals surface area contributed by atoms with Gasteiger partial charge in [0.2, 0.25) is 5.91 Å². The minimum atomic E-state index is -1.47. The van der Waals surface area contributed by atoms with Gasteiger partial charge in [-0.3, -0.25) is 14.4 Å². The number of halogens is 1. The molecule has 6 heteroatoms. The molecule has 2 atom stereocenters. The molecule has 5 nitrogen and oxygen atoms in total. The van der Waals surface area contributed by atoms with Crippen molar-refractivity contribution in [2.45, 2.75) is 32.7 Å². The SMILES string of the molecule is CCOC(=O)C1C(=O)C[C@@](C)(c2cc(C)ccc2F)NC1=O. The fraction of sp³-hybridized carbons (Fsp3) is 0.438. The van der Waals surface area contributed by atoms with Crippen molar-refractivity contribution in [3.8, 4) is 0 Å². The number of ketones is 1. The van der Waals surface area contributed by atoms with Crippen molar-refractivity contribution >= 4 is 17.7 Å². The van der Waals surface area contributed by atoms with Crippen molar-refractivity contribution < 1.29 is 23.5 Å². The smallest absolute Gasteiger partial charge is 0.326 e. The van der Waals surface area contributed by atoms with Crippen LogP contribution >= 0.6 is 0 Å². The summed E-state index contributed by atoms with van der Waals surface area (Å²) in [4.78, 5) is 36.1. The van der Waals surface area contributed by atoms with Gasteiger partial charge in [0.15, 0.2) is 11.7 Å². The van der Waals surface area contributed by atoms with Crippen LogP contribution in [0.4, 0.5) is 4.39 Å². The second-order valence-electron chi connectivity index (χ2n) is 5.63. The van der Waals surface area contributed by atoms with Crippen molar-refractivity contribution in [1.29, 1.82) is 0 Å². The Balaban J connectivity index is 2.33. The topological polar surface area (TPSA) is 72.5 Å². The molecule has 1 saturated heterocycles. The Morgan fingerprint density at radius 3 is 2.73 bits per heavy atom. The highest BCUT2D eigenvalue weighted by Crippen LogP contribution is 2.33. The van der Waals surface area contributed by atoms with E-state index in [2.05, 4.69) is 5.32 Å². The molecule has 0 radical (unpaired) electrons. The lowest BCUT2D eigenvalue weighted by Crippen LogP contribution is -2.57. The average Bonchev–Trinajstić information content (AvgIpc) is 2.40. The van der Waals surface area contributed by atoms with Crippen LogP contribution < -0.4 is 5.32 Å². The molecule has 1 aromatic carbocycles. The van der Waals surface area contributed by atoms with Crippen LogP contribution in [0.5, 0.6) is 0 Å². The van der Waals surface area contributed by atoms with E-state index in [0.29, 0.717) is 0 Å². The zero-order chi connectivity index (χ0) is 16.5. The lowest BCUT2D eigenvalue weighted by atomic mass is 9.79. The molecule has 0 bridgehead atoms. The highest BCUT2D eigenvalue weighted by atomic mass is 19.1. The Morgan fingerprint density at radius 1 is 1.45 bits per heavy atom. The Hall–Kier alpha value is -2.24. The minimum Gasteiger partial charge on any atom is -0.465 e. The summed E-state index contributed by atoms with van der Waals surface area (Å²) in [6.45, 7) is 5.04. The first-order valence-corrected chi connectivity index (χ1v) is 7.06. The quantitative estimate of drug-likeness (QED) is 0.680. The number of carbonyl (C=O) groups is 3. The van der Waals surface area contributed by atoms with Crippen molar-refractivity contribution in [1.82, 2.24) is 5.32 Å². The second kappa shape index (κ2) is 5.87. The normalized spacial score (nSPS) is 24.8. The van der Waals surface area contributed by atoms with E-state index >= 15 is 0 Å². The van der Waals surface area contributed by atoms with E-state index in [1.165, 1.54) is 6.07 Å². The van der Waals surface area contributed by atoms with Gasteiger partial charge in [0.1, 0.15) is 5.82 Å². The molecule has 1 amide bonds. The number of Topliss-reactive ketones (excluding diaryl/α,β-unsaturated/α-hetero) is 1. The molecule has 1 aliphatic rings. The number of amides is 1. The maximum atomic E-state index is 14.1. The summed E-state index contributed by atoms with van der Waals surface area (Å²) in [5.74, 6) is -4.16. The minimum absolute atomic E-state index is 0.0830. The van der Waals surface area contributed by atoms with Crippen LogP contribution in [0, 0.1) is 18.7 Å². The van der Waals surface area contributed by atoms with Crippen LogP contribution in [0.1, 0.15) is 31.4 Å². The fourth-order valence-corrected chi connectivity index (χ4v) is 2.67.